The Morgan fingerprint density at radius 1 is 1.16 bits per heavy atom. The van der Waals surface area contributed by atoms with E-state index in [-0.39, 0.29) is 11.3 Å². The second kappa shape index (κ2) is 5.32. The molecule has 0 fully saturated rings. The highest BCUT2D eigenvalue weighted by Gasteiger charge is 2.21. The Hall–Kier alpha value is -1.38. The number of halogens is 1. The molecule has 3 rings (SSSR count). The predicted octanol–water partition coefficient (Wildman–Crippen LogP) is 4.20. The quantitative estimate of drug-likeness (QED) is 0.782. The molecule has 2 heterocycles. The Bertz CT molecular complexity index is 570. The number of nitrogens with zero attached hydrogens (tertiary/aromatic N) is 1. The van der Waals surface area contributed by atoms with Crippen LogP contribution in [0.15, 0.2) is 42.6 Å². The summed E-state index contributed by atoms with van der Waals surface area (Å²) in [6.07, 6.45) is 1.81. The van der Waals surface area contributed by atoms with Crippen molar-refractivity contribution in [1.29, 1.82) is 0 Å². The molecular formula is C16H16ClNO. The molecule has 0 bridgehead atoms. The highest BCUT2D eigenvalue weighted by Crippen LogP contribution is 2.36. The maximum absolute atomic E-state index is 6.61. The van der Waals surface area contributed by atoms with Gasteiger partial charge in [0, 0.05) is 17.8 Å². The number of alkyl halides is 1. The number of hydrogen-bond acceptors (Lipinski definition) is 2. The van der Waals surface area contributed by atoms with Crippen LogP contribution in [0.2, 0.25) is 0 Å². The first-order valence-corrected chi connectivity index (χ1v) is 6.94. The lowest BCUT2D eigenvalue weighted by molar-refractivity contribution is 0.134. The maximum Gasteiger partial charge on any atom is 0.0725 e. The van der Waals surface area contributed by atoms with Crippen molar-refractivity contribution in [3.05, 3.63) is 65.0 Å². The van der Waals surface area contributed by atoms with Crippen molar-refractivity contribution in [3.63, 3.8) is 0 Å². The molecule has 98 valence electrons. The molecule has 1 aromatic carbocycles. The normalized spacial score (nSPS) is 16.9. The van der Waals surface area contributed by atoms with Crippen molar-refractivity contribution in [2.75, 3.05) is 0 Å². The molecule has 2 atom stereocenters. The molecule has 0 amide bonds. The molecule has 0 saturated carbocycles. The lowest BCUT2D eigenvalue weighted by Gasteiger charge is -2.18. The second-order valence-electron chi connectivity index (χ2n) is 4.97. The van der Waals surface area contributed by atoms with E-state index in [0.29, 0.717) is 6.61 Å². The molecule has 0 spiro atoms. The SMILES string of the molecule is CC(c1ccccn1)C(Cl)c1ccc2c(c1)COC2. The topological polar surface area (TPSA) is 22.1 Å². The van der Waals surface area contributed by atoms with Crippen LogP contribution in [-0.4, -0.2) is 4.98 Å². The third-order valence-electron chi connectivity index (χ3n) is 3.66. The van der Waals surface area contributed by atoms with Crippen LogP contribution in [-0.2, 0) is 18.0 Å². The van der Waals surface area contributed by atoms with Crippen LogP contribution in [0.4, 0.5) is 0 Å². The standard InChI is InChI=1S/C16H16ClNO/c1-11(15-4-2-3-7-18-15)16(17)12-5-6-13-9-19-10-14(13)8-12/h2-8,11,16H,9-10H2,1H3. The summed E-state index contributed by atoms with van der Waals surface area (Å²) < 4.78 is 5.44. The Balaban J connectivity index is 1.86. The minimum absolute atomic E-state index is 0.0687. The zero-order valence-electron chi connectivity index (χ0n) is 10.8. The van der Waals surface area contributed by atoms with E-state index >= 15 is 0 Å². The predicted molar refractivity (Wildman–Crippen MR) is 76.2 cm³/mol. The summed E-state index contributed by atoms with van der Waals surface area (Å²) in [4.78, 5) is 4.39. The van der Waals surface area contributed by atoms with Crippen molar-refractivity contribution in [2.45, 2.75) is 31.4 Å². The molecule has 1 aliphatic heterocycles. The maximum atomic E-state index is 6.61. The van der Waals surface area contributed by atoms with Gasteiger partial charge in [0.1, 0.15) is 0 Å². The van der Waals surface area contributed by atoms with Gasteiger partial charge in [-0.25, -0.2) is 0 Å². The fourth-order valence-electron chi connectivity index (χ4n) is 2.45. The lowest BCUT2D eigenvalue weighted by Crippen LogP contribution is -2.05. The molecule has 2 unspecified atom stereocenters. The van der Waals surface area contributed by atoms with Gasteiger partial charge in [-0.1, -0.05) is 31.2 Å². The molecule has 0 radical (unpaired) electrons. The summed E-state index contributed by atoms with van der Waals surface area (Å²) in [5.74, 6) is 0.184. The Morgan fingerprint density at radius 2 is 2.00 bits per heavy atom. The Kier molecular flexibility index (Phi) is 3.54. The summed E-state index contributed by atoms with van der Waals surface area (Å²) in [7, 11) is 0. The van der Waals surface area contributed by atoms with Crippen molar-refractivity contribution >= 4 is 11.6 Å². The van der Waals surface area contributed by atoms with Gasteiger partial charge in [0.25, 0.3) is 0 Å². The summed E-state index contributed by atoms with van der Waals surface area (Å²) in [6.45, 7) is 3.53. The Labute approximate surface area is 118 Å². The fraction of sp³-hybridized carbons (Fsp3) is 0.312. The minimum atomic E-state index is -0.0687. The van der Waals surface area contributed by atoms with Crippen molar-refractivity contribution in [1.82, 2.24) is 4.98 Å². The number of hydrogen-bond donors (Lipinski definition) is 0. The van der Waals surface area contributed by atoms with Crippen LogP contribution in [0.25, 0.3) is 0 Å². The van der Waals surface area contributed by atoms with Gasteiger partial charge in [0.15, 0.2) is 0 Å². The van der Waals surface area contributed by atoms with E-state index in [1.165, 1.54) is 11.1 Å². The van der Waals surface area contributed by atoms with Crippen LogP contribution in [0, 0.1) is 0 Å². The van der Waals surface area contributed by atoms with E-state index in [1.807, 2.05) is 24.4 Å². The van der Waals surface area contributed by atoms with Crippen molar-refractivity contribution in [2.24, 2.45) is 0 Å². The number of fused-ring (bicyclic) bond motifs is 1. The molecule has 3 heteroatoms. The lowest BCUT2D eigenvalue weighted by atomic mass is 9.95. The molecule has 0 N–H and O–H groups in total. The van der Waals surface area contributed by atoms with Gasteiger partial charge in [0.05, 0.1) is 18.6 Å². The highest BCUT2D eigenvalue weighted by atomic mass is 35.5. The van der Waals surface area contributed by atoms with Crippen molar-refractivity contribution in [3.8, 4) is 0 Å². The molecule has 2 aromatic rings. The molecular weight excluding hydrogens is 258 g/mol. The van der Waals surface area contributed by atoms with E-state index in [1.54, 1.807) is 0 Å². The molecule has 0 saturated heterocycles. The first-order chi connectivity index (χ1) is 9.25. The fourth-order valence-corrected chi connectivity index (χ4v) is 2.71. The number of aromatic nitrogens is 1. The number of pyridine rings is 1. The zero-order chi connectivity index (χ0) is 13.2. The summed E-state index contributed by atoms with van der Waals surface area (Å²) >= 11 is 6.61. The van der Waals surface area contributed by atoms with Gasteiger partial charge in [-0.3, -0.25) is 4.98 Å². The van der Waals surface area contributed by atoms with Crippen LogP contribution in [0.3, 0.4) is 0 Å². The van der Waals surface area contributed by atoms with E-state index in [9.17, 15) is 0 Å². The molecule has 19 heavy (non-hydrogen) atoms. The molecule has 1 aromatic heterocycles. The van der Waals surface area contributed by atoms with Crippen LogP contribution in [0.5, 0.6) is 0 Å². The number of rotatable bonds is 3. The zero-order valence-corrected chi connectivity index (χ0v) is 11.6. The summed E-state index contributed by atoms with van der Waals surface area (Å²) in [5.41, 5.74) is 4.71. The molecule has 2 nitrogen and oxygen atoms in total. The first-order valence-electron chi connectivity index (χ1n) is 6.50. The minimum Gasteiger partial charge on any atom is -0.372 e. The van der Waals surface area contributed by atoms with Gasteiger partial charge in [-0.2, -0.15) is 0 Å². The average molecular weight is 274 g/mol. The second-order valence-corrected chi connectivity index (χ2v) is 5.44. The largest absolute Gasteiger partial charge is 0.372 e. The van der Waals surface area contributed by atoms with Gasteiger partial charge in [0.2, 0.25) is 0 Å². The third kappa shape index (κ3) is 2.51. The van der Waals surface area contributed by atoms with E-state index in [0.717, 1.165) is 17.9 Å². The molecule has 1 aliphatic rings. The third-order valence-corrected chi connectivity index (χ3v) is 4.29. The first kappa shape index (κ1) is 12.6. The summed E-state index contributed by atoms with van der Waals surface area (Å²) in [5, 5.41) is -0.0687. The van der Waals surface area contributed by atoms with Gasteiger partial charge >= 0.3 is 0 Å². The van der Waals surface area contributed by atoms with E-state index in [4.69, 9.17) is 16.3 Å². The van der Waals surface area contributed by atoms with E-state index in [2.05, 4.69) is 30.1 Å². The summed E-state index contributed by atoms with van der Waals surface area (Å²) in [6, 6.07) is 12.3. The van der Waals surface area contributed by atoms with Crippen LogP contribution >= 0.6 is 11.6 Å². The van der Waals surface area contributed by atoms with Crippen LogP contribution < -0.4 is 0 Å². The van der Waals surface area contributed by atoms with Crippen LogP contribution in [0.1, 0.15) is 40.6 Å². The van der Waals surface area contributed by atoms with Gasteiger partial charge in [-0.15, -0.1) is 11.6 Å². The monoisotopic (exact) mass is 273 g/mol. The Morgan fingerprint density at radius 3 is 2.79 bits per heavy atom. The number of ether oxygens (including phenoxy) is 1. The van der Waals surface area contributed by atoms with Gasteiger partial charge in [-0.05, 0) is 28.8 Å². The average Bonchev–Trinajstić information content (AvgIpc) is 2.94. The highest BCUT2D eigenvalue weighted by molar-refractivity contribution is 6.21. The molecule has 0 aliphatic carbocycles. The van der Waals surface area contributed by atoms with Crippen molar-refractivity contribution < 1.29 is 4.74 Å². The number of benzene rings is 1. The smallest absolute Gasteiger partial charge is 0.0725 e. The van der Waals surface area contributed by atoms with Gasteiger partial charge < -0.3 is 4.74 Å². The van der Waals surface area contributed by atoms with E-state index < -0.39 is 0 Å².